The van der Waals surface area contributed by atoms with Crippen molar-refractivity contribution in [3.8, 4) is 0 Å². The molecule has 2 rings (SSSR count). The number of hydrogen-bond donors (Lipinski definition) is 1. The Morgan fingerprint density at radius 3 is 2.55 bits per heavy atom. The molecule has 1 aromatic rings. The van der Waals surface area contributed by atoms with Crippen LogP contribution in [0.4, 0.5) is 5.82 Å². The van der Waals surface area contributed by atoms with Crippen molar-refractivity contribution in [3.63, 3.8) is 0 Å². The number of aryl methyl sites for hydroxylation is 1. The number of hydrogen-bond acceptors (Lipinski definition) is 5. The Hall–Kier alpha value is -1.69. The zero-order valence-corrected chi connectivity index (χ0v) is 14.1. The molecule has 6 nitrogen and oxygen atoms in total. The van der Waals surface area contributed by atoms with Crippen LogP contribution in [0.5, 0.6) is 0 Å². The number of carbonyl (C=O) groups excluding carboxylic acids is 1. The first kappa shape index (κ1) is 16.7. The monoisotopic (exact) mass is 305 g/mol. The third-order valence-corrected chi connectivity index (χ3v) is 3.87. The van der Waals surface area contributed by atoms with E-state index in [0.717, 1.165) is 38.5 Å². The molecule has 0 radical (unpaired) electrons. The molecule has 0 saturated carbocycles. The second kappa shape index (κ2) is 7.54. The Kier molecular flexibility index (Phi) is 5.71. The predicted octanol–water partition coefficient (Wildman–Crippen LogP) is 1.31. The van der Waals surface area contributed by atoms with Gasteiger partial charge >= 0.3 is 0 Å². The highest BCUT2D eigenvalue weighted by Gasteiger charge is 2.19. The van der Waals surface area contributed by atoms with Gasteiger partial charge in [-0.3, -0.25) is 4.79 Å². The number of piperazine rings is 1. The highest BCUT2D eigenvalue weighted by molar-refractivity contribution is 5.92. The van der Waals surface area contributed by atoms with E-state index in [1.165, 1.54) is 0 Å². The molecule has 0 aromatic carbocycles. The molecule has 1 fully saturated rings. The molecule has 0 atom stereocenters. The van der Waals surface area contributed by atoms with Gasteiger partial charge in [-0.1, -0.05) is 20.8 Å². The summed E-state index contributed by atoms with van der Waals surface area (Å²) in [5, 5.41) is 2.92. The molecule has 0 spiro atoms. The van der Waals surface area contributed by atoms with Gasteiger partial charge in [-0.05, 0) is 19.4 Å². The summed E-state index contributed by atoms with van der Waals surface area (Å²) in [5.74, 6) is 1.81. The molecule has 1 N–H and O–H groups in total. The number of amides is 1. The van der Waals surface area contributed by atoms with Crippen molar-refractivity contribution in [3.05, 3.63) is 17.6 Å². The zero-order chi connectivity index (χ0) is 16.1. The first-order valence-corrected chi connectivity index (χ1v) is 8.10. The van der Waals surface area contributed by atoms with Gasteiger partial charge in [-0.2, -0.15) is 0 Å². The highest BCUT2D eigenvalue weighted by atomic mass is 16.1. The molecular formula is C16H27N5O. The Morgan fingerprint density at radius 1 is 1.27 bits per heavy atom. The maximum absolute atomic E-state index is 12.2. The van der Waals surface area contributed by atoms with Crippen molar-refractivity contribution >= 4 is 11.7 Å². The maximum Gasteiger partial charge on any atom is 0.270 e. The first-order valence-electron chi connectivity index (χ1n) is 8.10. The number of anilines is 1. The van der Waals surface area contributed by atoms with Crippen molar-refractivity contribution in [1.29, 1.82) is 0 Å². The molecule has 1 amide bonds. The van der Waals surface area contributed by atoms with E-state index in [1.807, 2.05) is 13.0 Å². The summed E-state index contributed by atoms with van der Waals surface area (Å²) in [6.07, 6.45) is 0. The van der Waals surface area contributed by atoms with Crippen LogP contribution in [0, 0.1) is 12.8 Å². The Labute approximate surface area is 132 Å². The van der Waals surface area contributed by atoms with Gasteiger partial charge in [-0.15, -0.1) is 0 Å². The lowest BCUT2D eigenvalue weighted by molar-refractivity contribution is 0.0943. The number of carbonyl (C=O) groups is 1. The normalized spacial score (nSPS) is 16.1. The highest BCUT2D eigenvalue weighted by Crippen LogP contribution is 2.15. The largest absolute Gasteiger partial charge is 0.354 e. The molecular weight excluding hydrogens is 278 g/mol. The van der Waals surface area contributed by atoms with E-state index in [4.69, 9.17) is 0 Å². The summed E-state index contributed by atoms with van der Waals surface area (Å²) in [6, 6.07) is 1.81. The molecule has 0 aliphatic carbocycles. The topological polar surface area (TPSA) is 61.4 Å². The minimum absolute atomic E-state index is 0.118. The maximum atomic E-state index is 12.2. The molecule has 1 aliphatic rings. The summed E-state index contributed by atoms with van der Waals surface area (Å²) in [6.45, 7) is 13.9. The van der Waals surface area contributed by atoms with Crippen LogP contribution in [0.15, 0.2) is 6.07 Å². The van der Waals surface area contributed by atoms with E-state index in [1.54, 1.807) is 0 Å². The molecule has 122 valence electrons. The average molecular weight is 305 g/mol. The average Bonchev–Trinajstić information content (AvgIpc) is 2.52. The van der Waals surface area contributed by atoms with Crippen LogP contribution in [0.3, 0.4) is 0 Å². The van der Waals surface area contributed by atoms with E-state index >= 15 is 0 Å². The van der Waals surface area contributed by atoms with Crippen LogP contribution in [0.25, 0.3) is 0 Å². The van der Waals surface area contributed by atoms with Gasteiger partial charge in [0, 0.05) is 38.8 Å². The van der Waals surface area contributed by atoms with Gasteiger partial charge in [0.1, 0.15) is 17.3 Å². The number of rotatable bonds is 5. The summed E-state index contributed by atoms with van der Waals surface area (Å²) in [5.41, 5.74) is 0.459. The van der Waals surface area contributed by atoms with Crippen molar-refractivity contribution in [2.45, 2.75) is 27.7 Å². The molecule has 0 bridgehead atoms. The summed E-state index contributed by atoms with van der Waals surface area (Å²) in [7, 11) is 0. The van der Waals surface area contributed by atoms with Crippen molar-refractivity contribution in [2.24, 2.45) is 5.92 Å². The lowest BCUT2D eigenvalue weighted by atomic mass is 10.2. The lowest BCUT2D eigenvalue weighted by Crippen LogP contribution is -2.46. The molecule has 6 heteroatoms. The fourth-order valence-electron chi connectivity index (χ4n) is 2.51. The Balaban J connectivity index is 2.08. The van der Waals surface area contributed by atoms with Gasteiger partial charge in [-0.25, -0.2) is 9.97 Å². The van der Waals surface area contributed by atoms with Crippen LogP contribution in [0.2, 0.25) is 0 Å². The minimum Gasteiger partial charge on any atom is -0.354 e. The molecule has 0 unspecified atom stereocenters. The third-order valence-electron chi connectivity index (χ3n) is 3.87. The number of likely N-dealkylation sites (N-methyl/N-ethyl adjacent to an activating group) is 1. The zero-order valence-electron chi connectivity index (χ0n) is 14.1. The second-order valence-corrected chi connectivity index (χ2v) is 6.18. The van der Waals surface area contributed by atoms with Gasteiger partial charge in [0.05, 0.1) is 0 Å². The van der Waals surface area contributed by atoms with Gasteiger partial charge in [0.15, 0.2) is 0 Å². The fourth-order valence-corrected chi connectivity index (χ4v) is 2.51. The standard InChI is InChI=1S/C16H27N5O/c1-5-20-6-8-21(9-7-20)15-10-14(18-13(4)19-15)16(22)17-11-12(2)3/h10,12H,5-9,11H2,1-4H3,(H,17,22). The minimum atomic E-state index is -0.118. The van der Waals surface area contributed by atoms with E-state index in [9.17, 15) is 4.79 Å². The first-order chi connectivity index (χ1) is 10.5. The van der Waals surface area contributed by atoms with Crippen LogP contribution in [-0.2, 0) is 0 Å². The molecule has 1 aromatic heterocycles. The van der Waals surface area contributed by atoms with Gasteiger partial charge in [0.25, 0.3) is 5.91 Å². The van der Waals surface area contributed by atoms with Crippen molar-refractivity contribution < 1.29 is 4.79 Å². The van der Waals surface area contributed by atoms with Gasteiger partial charge < -0.3 is 15.1 Å². The predicted molar refractivity (Wildman–Crippen MR) is 88.3 cm³/mol. The van der Waals surface area contributed by atoms with Crippen LogP contribution in [-0.4, -0.2) is 60.0 Å². The quantitative estimate of drug-likeness (QED) is 0.889. The Bertz CT molecular complexity index is 509. The lowest BCUT2D eigenvalue weighted by Gasteiger charge is -2.34. The number of nitrogens with zero attached hydrogens (tertiary/aromatic N) is 4. The molecule has 1 saturated heterocycles. The van der Waals surface area contributed by atoms with Crippen LogP contribution < -0.4 is 10.2 Å². The van der Waals surface area contributed by atoms with Crippen molar-refractivity contribution in [2.75, 3.05) is 44.2 Å². The molecule has 1 aliphatic heterocycles. The second-order valence-electron chi connectivity index (χ2n) is 6.18. The Morgan fingerprint density at radius 2 is 1.95 bits per heavy atom. The summed E-state index contributed by atoms with van der Waals surface area (Å²) >= 11 is 0. The van der Waals surface area contributed by atoms with Crippen LogP contribution in [0.1, 0.15) is 37.1 Å². The smallest absolute Gasteiger partial charge is 0.270 e. The number of nitrogens with one attached hydrogen (secondary N) is 1. The third kappa shape index (κ3) is 4.40. The SMILES string of the molecule is CCN1CCN(c2cc(C(=O)NCC(C)C)nc(C)n2)CC1. The van der Waals surface area contributed by atoms with E-state index in [-0.39, 0.29) is 5.91 Å². The van der Waals surface area contributed by atoms with E-state index < -0.39 is 0 Å². The van der Waals surface area contributed by atoms with Gasteiger partial charge in [0.2, 0.25) is 0 Å². The van der Waals surface area contributed by atoms with E-state index in [0.29, 0.717) is 24.0 Å². The summed E-state index contributed by atoms with van der Waals surface area (Å²) in [4.78, 5) is 25.6. The number of aromatic nitrogens is 2. The molecule has 2 heterocycles. The summed E-state index contributed by atoms with van der Waals surface area (Å²) < 4.78 is 0. The van der Waals surface area contributed by atoms with Crippen molar-refractivity contribution in [1.82, 2.24) is 20.2 Å². The van der Waals surface area contributed by atoms with E-state index in [2.05, 4.69) is 45.9 Å². The fraction of sp³-hybridized carbons (Fsp3) is 0.688. The molecule has 22 heavy (non-hydrogen) atoms. The van der Waals surface area contributed by atoms with Crippen LogP contribution >= 0.6 is 0 Å².